The molecule has 0 amide bonds. The van der Waals surface area contributed by atoms with Crippen LogP contribution in [0.4, 0.5) is 13.2 Å². The molecule has 2 fully saturated rings. The van der Waals surface area contributed by atoms with E-state index in [0.29, 0.717) is 12.8 Å². The zero-order chi connectivity index (χ0) is 14.1. The molecule has 0 unspecified atom stereocenters. The number of nitrogens with zero attached hydrogens (tertiary/aromatic N) is 1. The Bertz CT molecular complexity index is 290. The van der Waals surface area contributed by atoms with Gasteiger partial charge >= 0.3 is 6.18 Å². The maximum atomic E-state index is 12.6. The average molecular weight is 278 g/mol. The van der Waals surface area contributed by atoms with Crippen molar-refractivity contribution in [2.45, 2.75) is 62.7 Å². The fraction of sp³-hybridized carbons (Fsp3) is 1.00. The lowest BCUT2D eigenvalue weighted by Gasteiger charge is -2.48. The molecule has 0 atom stereocenters. The molecule has 112 valence electrons. The number of hydrogen-bond donors (Lipinski definition) is 1. The molecule has 0 spiro atoms. The molecule has 5 heteroatoms. The van der Waals surface area contributed by atoms with Gasteiger partial charge < -0.3 is 10.2 Å². The average Bonchev–Trinajstić information content (AvgIpc) is 2.26. The smallest absolute Gasteiger partial charge is 0.312 e. The summed E-state index contributed by atoms with van der Waals surface area (Å²) in [7, 11) is 4.20. The summed E-state index contributed by atoms with van der Waals surface area (Å²) in [6.07, 6.45) is 1.56. The van der Waals surface area contributed by atoms with Crippen LogP contribution in [0.25, 0.3) is 0 Å². The molecule has 2 saturated carbocycles. The molecule has 2 aliphatic carbocycles. The van der Waals surface area contributed by atoms with Crippen LogP contribution in [-0.4, -0.2) is 43.3 Å². The largest absolute Gasteiger partial charge is 0.391 e. The first kappa shape index (κ1) is 15.1. The number of hydrogen-bond acceptors (Lipinski definition) is 2. The molecule has 2 nitrogen and oxygen atoms in total. The molecule has 1 N–H and O–H groups in total. The predicted octanol–water partition coefficient (Wildman–Crippen LogP) is 3.18. The van der Waals surface area contributed by atoms with E-state index in [1.165, 1.54) is 19.3 Å². The molecule has 0 heterocycles. The summed E-state index contributed by atoms with van der Waals surface area (Å²) in [6, 6.07) is 0.274. The van der Waals surface area contributed by atoms with Gasteiger partial charge in [0.25, 0.3) is 0 Å². The van der Waals surface area contributed by atoms with E-state index < -0.39 is 12.1 Å². The molecule has 0 aromatic heterocycles. The fourth-order valence-corrected chi connectivity index (χ4v) is 3.33. The van der Waals surface area contributed by atoms with Crippen molar-refractivity contribution in [3.05, 3.63) is 0 Å². The van der Waals surface area contributed by atoms with Crippen molar-refractivity contribution in [3.63, 3.8) is 0 Å². The van der Waals surface area contributed by atoms with Crippen LogP contribution in [0.1, 0.15) is 44.9 Å². The Morgan fingerprint density at radius 1 is 1.11 bits per heavy atom. The monoisotopic (exact) mass is 278 g/mol. The van der Waals surface area contributed by atoms with Gasteiger partial charge in [0.1, 0.15) is 0 Å². The van der Waals surface area contributed by atoms with Crippen LogP contribution >= 0.6 is 0 Å². The Hall–Kier alpha value is -0.290. The summed E-state index contributed by atoms with van der Waals surface area (Å²) in [5.74, 6) is -1.07. The zero-order valence-corrected chi connectivity index (χ0v) is 11.9. The molecule has 2 aliphatic rings. The van der Waals surface area contributed by atoms with Gasteiger partial charge in [-0.2, -0.15) is 13.2 Å². The van der Waals surface area contributed by atoms with E-state index in [9.17, 15) is 13.2 Å². The highest BCUT2D eigenvalue weighted by Crippen LogP contribution is 2.39. The van der Waals surface area contributed by atoms with Crippen LogP contribution in [0, 0.1) is 5.92 Å². The third kappa shape index (κ3) is 3.43. The molecule has 0 aromatic carbocycles. The number of nitrogens with one attached hydrogen (secondary N) is 1. The fourth-order valence-electron chi connectivity index (χ4n) is 3.33. The minimum atomic E-state index is -4.00. The van der Waals surface area contributed by atoms with E-state index in [-0.39, 0.29) is 24.4 Å². The lowest BCUT2D eigenvalue weighted by atomic mass is 9.75. The highest BCUT2D eigenvalue weighted by molar-refractivity contribution is 4.98. The van der Waals surface area contributed by atoms with Gasteiger partial charge in [0.15, 0.2) is 0 Å². The summed E-state index contributed by atoms with van der Waals surface area (Å²) in [5.41, 5.74) is 0.251. The summed E-state index contributed by atoms with van der Waals surface area (Å²) in [4.78, 5) is 2.27. The van der Waals surface area contributed by atoms with Gasteiger partial charge in [-0.05, 0) is 59.0 Å². The molecular formula is C14H25F3N2. The van der Waals surface area contributed by atoms with Crippen LogP contribution in [0.5, 0.6) is 0 Å². The van der Waals surface area contributed by atoms with Gasteiger partial charge in [0.05, 0.1) is 5.92 Å². The summed E-state index contributed by atoms with van der Waals surface area (Å²) >= 11 is 0. The number of rotatable bonds is 4. The maximum Gasteiger partial charge on any atom is 0.391 e. The van der Waals surface area contributed by atoms with E-state index in [1.54, 1.807) is 0 Å². The van der Waals surface area contributed by atoms with Crippen molar-refractivity contribution in [2.24, 2.45) is 5.92 Å². The van der Waals surface area contributed by atoms with Crippen molar-refractivity contribution in [1.29, 1.82) is 0 Å². The normalized spacial score (nSPS) is 31.3. The Morgan fingerprint density at radius 2 is 1.68 bits per heavy atom. The van der Waals surface area contributed by atoms with Crippen LogP contribution in [0.2, 0.25) is 0 Å². The third-order valence-corrected chi connectivity index (χ3v) is 5.14. The topological polar surface area (TPSA) is 15.3 Å². The van der Waals surface area contributed by atoms with E-state index in [4.69, 9.17) is 0 Å². The van der Waals surface area contributed by atoms with Gasteiger partial charge in [0.2, 0.25) is 0 Å². The van der Waals surface area contributed by atoms with Crippen LogP contribution in [-0.2, 0) is 0 Å². The van der Waals surface area contributed by atoms with Crippen molar-refractivity contribution in [3.8, 4) is 0 Å². The van der Waals surface area contributed by atoms with E-state index >= 15 is 0 Å². The summed E-state index contributed by atoms with van der Waals surface area (Å²) in [5, 5.41) is 3.51. The van der Waals surface area contributed by atoms with Gasteiger partial charge in [-0.3, -0.25) is 0 Å². The molecule has 0 saturated heterocycles. The van der Waals surface area contributed by atoms with Gasteiger partial charge in [0, 0.05) is 18.1 Å². The lowest BCUT2D eigenvalue weighted by Crippen LogP contribution is -2.58. The summed E-state index contributed by atoms with van der Waals surface area (Å²) < 4.78 is 37.8. The van der Waals surface area contributed by atoms with Gasteiger partial charge in [-0.15, -0.1) is 0 Å². The second kappa shape index (κ2) is 5.60. The Labute approximate surface area is 113 Å². The highest BCUT2D eigenvalue weighted by atomic mass is 19.4. The molecule has 0 radical (unpaired) electrons. The second-order valence-corrected chi connectivity index (χ2v) is 6.44. The number of halogens is 3. The van der Waals surface area contributed by atoms with Crippen LogP contribution in [0.15, 0.2) is 0 Å². The van der Waals surface area contributed by atoms with Crippen LogP contribution in [0.3, 0.4) is 0 Å². The molecular weight excluding hydrogens is 253 g/mol. The Balaban J connectivity index is 1.74. The molecule has 0 bridgehead atoms. The third-order valence-electron chi connectivity index (χ3n) is 5.14. The van der Waals surface area contributed by atoms with Crippen LogP contribution < -0.4 is 5.32 Å². The first-order valence-corrected chi connectivity index (χ1v) is 7.31. The maximum absolute atomic E-state index is 12.6. The zero-order valence-electron chi connectivity index (χ0n) is 11.9. The van der Waals surface area contributed by atoms with Crippen molar-refractivity contribution in [1.82, 2.24) is 10.2 Å². The molecule has 0 aromatic rings. The minimum Gasteiger partial charge on any atom is -0.312 e. The first-order chi connectivity index (χ1) is 8.83. The molecule has 0 aliphatic heterocycles. The van der Waals surface area contributed by atoms with E-state index in [2.05, 4.69) is 24.3 Å². The highest BCUT2D eigenvalue weighted by Gasteiger charge is 2.42. The molecule has 19 heavy (non-hydrogen) atoms. The van der Waals surface area contributed by atoms with Crippen molar-refractivity contribution < 1.29 is 13.2 Å². The number of likely N-dealkylation sites (N-methyl/N-ethyl adjacent to an activating group) is 1. The molecule has 2 rings (SSSR count). The summed E-state index contributed by atoms with van der Waals surface area (Å²) in [6.45, 7) is 0.918. The predicted molar refractivity (Wildman–Crippen MR) is 70.1 cm³/mol. The number of alkyl halides is 3. The van der Waals surface area contributed by atoms with Crippen molar-refractivity contribution in [2.75, 3.05) is 20.6 Å². The lowest BCUT2D eigenvalue weighted by molar-refractivity contribution is -0.182. The van der Waals surface area contributed by atoms with E-state index in [1.807, 2.05) is 0 Å². The minimum absolute atomic E-state index is 0.251. The second-order valence-electron chi connectivity index (χ2n) is 6.44. The Kier molecular flexibility index (Phi) is 4.45. The van der Waals surface area contributed by atoms with Gasteiger partial charge in [-0.1, -0.05) is 0 Å². The van der Waals surface area contributed by atoms with Crippen molar-refractivity contribution >= 4 is 0 Å². The quantitative estimate of drug-likeness (QED) is 0.849. The SMILES string of the molecule is CN(C)C1(CNC2CCC(C(F)(F)F)CC2)CCC1. The standard InChI is InChI=1S/C14H25F3N2/c1-19(2)13(8-3-9-13)10-18-12-6-4-11(5-7-12)14(15,16)17/h11-12,18H,3-10H2,1-2H3. The van der Waals surface area contributed by atoms with E-state index in [0.717, 1.165) is 6.54 Å². The Morgan fingerprint density at radius 3 is 2.05 bits per heavy atom. The first-order valence-electron chi connectivity index (χ1n) is 7.31. The van der Waals surface area contributed by atoms with Gasteiger partial charge in [-0.25, -0.2) is 0 Å².